The Morgan fingerprint density at radius 3 is 2.65 bits per heavy atom. The van der Waals surface area contributed by atoms with Crippen LogP contribution in [0.3, 0.4) is 0 Å². The summed E-state index contributed by atoms with van der Waals surface area (Å²) in [5.74, 6) is 0.912. The topological polar surface area (TPSA) is 29.3 Å². The highest BCUT2D eigenvalue weighted by Crippen LogP contribution is 2.34. The fourth-order valence-electron chi connectivity index (χ4n) is 2.07. The van der Waals surface area contributed by atoms with Gasteiger partial charge in [-0.25, -0.2) is 0 Å². The van der Waals surface area contributed by atoms with Gasteiger partial charge >= 0.3 is 0 Å². The van der Waals surface area contributed by atoms with Gasteiger partial charge in [0.2, 0.25) is 0 Å². The van der Waals surface area contributed by atoms with E-state index in [-0.39, 0.29) is 6.04 Å². The molecule has 0 heterocycles. The lowest BCUT2D eigenvalue weighted by atomic mass is 10.1. The molecule has 0 amide bonds. The van der Waals surface area contributed by atoms with Gasteiger partial charge in [0.1, 0.15) is 0 Å². The Hall–Kier alpha value is -0.540. The third-order valence-electron chi connectivity index (χ3n) is 3.40. The largest absolute Gasteiger partial charge is 0.371 e. The molecule has 1 aromatic rings. The van der Waals surface area contributed by atoms with Gasteiger partial charge in [-0.2, -0.15) is 0 Å². The fourth-order valence-corrected chi connectivity index (χ4v) is 2.72. The molecule has 2 rings (SSSR count). The average molecular weight is 297 g/mol. The molecule has 0 aliphatic heterocycles. The van der Waals surface area contributed by atoms with Crippen LogP contribution in [0.4, 0.5) is 5.69 Å². The van der Waals surface area contributed by atoms with E-state index in [1.807, 2.05) is 6.92 Å². The predicted molar refractivity (Wildman–Crippen MR) is 77.4 cm³/mol. The minimum Gasteiger partial charge on any atom is -0.371 e. The Bertz CT molecular complexity index is 386. The second-order valence-electron chi connectivity index (χ2n) is 4.98. The second-order valence-corrected chi connectivity index (χ2v) is 5.84. The summed E-state index contributed by atoms with van der Waals surface area (Å²) in [6.45, 7) is 6.48. The molecule has 2 N–H and O–H groups in total. The van der Waals surface area contributed by atoms with Gasteiger partial charge in [0.05, 0.1) is 5.69 Å². The number of nitrogens with zero attached hydrogens (tertiary/aromatic N) is 1. The summed E-state index contributed by atoms with van der Waals surface area (Å²) in [5, 5.41) is 0. The summed E-state index contributed by atoms with van der Waals surface area (Å²) in [7, 11) is 0. The van der Waals surface area contributed by atoms with E-state index in [1.54, 1.807) is 0 Å². The Balaban J connectivity index is 2.17. The average Bonchev–Trinajstić information content (AvgIpc) is 3.10. The number of halogens is 1. The maximum absolute atomic E-state index is 5.90. The quantitative estimate of drug-likeness (QED) is 0.898. The van der Waals surface area contributed by atoms with Crippen LogP contribution in [-0.2, 0) is 0 Å². The number of benzene rings is 1. The molecule has 0 saturated heterocycles. The van der Waals surface area contributed by atoms with E-state index in [1.165, 1.54) is 30.6 Å². The van der Waals surface area contributed by atoms with Gasteiger partial charge in [0.25, 0.3) is 0 Å². The molecule has 17 heavy (non-hydrogen) atoms. The number of anilines is 1. The molecule has 1 aromatic carbocycles. The van der Waals surface area contributed by atoms with Crippen LogP contribution in [0.5, 0.6) is 0 Å². The van der Waals surface area contributed by atoms with Gasteiger partial charge in [0, 0.05) is 23.6 Å². The zero-order valence-corrected chi connectivity index (χ0v) is 12.2. The van der Waals surface area contributed by atoms with Crippen molar-refractivity contribution < 1.29 is 0 Å². The Morgan fingerprint density at radius 2 is 2.18 bits per heavy atom. The molecule has 94 valence electrons. The standard InChI is InChI=1S/C14H21BrN2/c1-3-17(9-11-4-5-11)14-7-6-12(10(2)16)8-13(14)15/h6-8,10-11H,3-5,9,16H2,1-2H3/t10-/m1/s1. The van der Waals surface area contributed by atoms with E-state index < -0.39 is 0 Å². The highest BCUT2D eigenvalue weighted by Gasteiger charge is 2.24. The third-order valence-corrected chi connectivity index (χ3v) is 4.03. The van der Waals surface area contributed by atoms with Crippen molar-refractivity contribution in [2.45, 2.75) is 32.7 Å². The molecule has 0 unspecified atom stereocenters. The molecule has 1 fully saturated rings. The van der Waals surface area contributed by atoms with Crippen LogP contribution < -0.4 is 10.6 Å². The van der Waals surface area contributed by atoms with E-state index >= 15 is 0 Å². The van der Waals surface area contributed by atoms with Crippen molar-refractivity contribution >= 4 is 21.6 Å². The lowest BCUT2D eigenvalue weighted by Crippen LogP contribution is -2.25. The van der Waals surface area contributed by atoms with Gasteiger partial charge < -0.3 is 10.6 Å². The molecule has 2 nitrogen and oxygen atoms in total. The zero-order chi connectivity index (χ0) is 12.4. The highest BCUT2D eigenvalue weighted by molar-refractivity contribution is 9.10. The summed E-state index contributed by atoms with van der Waals surface area (Å²) >= 11 is 3.67. The van der Waals surface area contributed by atoms with Gasteiger partial charge in [-0.15, -0.1) is 0 Å². The first-order chi connectivity index (χ1) is 8.11. The second kappa shape index (κ2) is 5.40. The number of hydrogen-bond donors (Lipinski definition) is 1. The van der Waals surface area contributed by atoms with E-state index in [0.717, 1.165) is 16.9 Å². The van der Waals surface area contributed by atoms with Crippen molar-refractivity contribution in [2.24, 2.45) is 11.7 Å². The van der Waals surface area contributed by atoms with Crippen LogP contribution >= 0.6 is 15.9 Å². The van der Waals surface area contributed by atoms with Crippen molar-refractivity contribution in [3.8, 4) is 0 Å². The number of rotatable bonds is 5. The molecular formula is C14H21BrN2. The van der Waals surface area contributed by atoms with Crippen LogP contribution in [0.15, 0.2) is 22.7 Å². The summed E-state index contributed by atoms with van der Waals surface area (Å²) in [6, 6.07) is 6.57. The summed E-state index contributed by atoms with van der Waals surface area (Å²) in [6.07, 6.45) is 2.79. The lowest BCUT2D eigenvalue weighted by Gasteiger charge is -2.25. The van der Waals surface area contributed by atoms with Crippen molar-refractivity contribution in [3.63, 3.8) is 0 Å². The predicted octanol–water partition coefficient (Wildman–Crippen LogP) is 3.71. The van der Waals surface area contributed by atoms with E-state index in [2.05, 4.69) is 46.0 Å². The van der Waals surface area contributed by atoms with E-state index in [0.29, 0.717) is 0 Å². The smallest absolute Gasteiger partial charge is 0.0510 e. The molecule has 0 radical (unpaired) electrons. The molecule has 1 saturated carbocycles. The van der Waals surface area contributed by atoms with E-state index in [9.17, 15) is 0 Å². The summed E-state index contributed by atoms with van der Waals surface area (Å²) in [4.78, 5) is 2.45. The van der Waals surface area contributed by atoms with Crippen LogP contribution in [0, 0.1) is 5.92 Å². The fraction of sp³-hybridized carbons (Fsp3) is 0.571. The van der Waals surface area contributed by atoms with Crippen molar-refractivity contribution in [3.05, 3.63) is 28.2 Å². The molecular weight excluding hydrogens is 276 g/mol. The lowest BCUT2D eigenvalue weighted by molar-refractivity contribution is 0.739. The molecule has 0 bridgehead atoms. The SMILES string of the molecule is CCN(CC1CC1)c1ccc([C@@H](C)N)cc1Br. The monoisotopic (exact) mass is 296 g/mol. The van der Waals surface area contributed by atoms with Crippen molar-refractivity contribution in [2.75, 3.05) is 18.0 Å². The molecule has 0 aromatic heterocycles. The first-order valence-corrected chi connectivity index (χ1v) is 7.21. The van der Waals surface area contributed by atoms with Crippen molar-refractivity contribution in [1.82, 2.24) is 0 Å². The van der Waals surface area contributed by atoms with Crippen molar-refractivity contribution in [1.29, 1.82) is 0 Å². The Kier molecular flexibility index (Phi) is 4.10. The number of hydrogen-bond acceptors (Lipinski definition) is 2. The minimum atomic E-state index is 0.0962. The number of nitrogens with two attached hydrogens (primary N) is 1. The Morgan fingerprint density at radius 1 is 1.47 bits per heavy atom. The van der Waals surface area contributed by atoms with Gasteiger partial charge in [-0.1, -0.05) is 6.07 Å². The minimum absolute atomic E-state index is 0.0962. The maximum atomic E-state index is 5.90. The van der Waals surface area contributed by atoms with E-state index in [4.69, 9.17) is 5.73 Å². The Labute approximate surface area is 112 Å². The molecule has 3 heteroatoms. The van der Waals surface area contributed by atoms with Gasteiger partial charge in [-0.3, -0.25) is 0 Å². The normalized spacial score (nSPS) is 16.9. The third kappa shape index (κ3) is 3.23. The summed E-state index contributed by atoms with van der Waals surface area (Å²) in [5.41, 5.74) is 8.38. The first kappa shape index (κ1) is 12.9. The molecule has 1 aliphatic rings. The first-order valence-electron chi connectivity index (χ1n) is 6.41. The van der Waals surface area contributed by atoms with Gasteiger partial charge in [-0.05, 0) is 66.2 Å². The molecule has 1 atom stereocenters. The highest BCUT2D eigenvalue weighted by atomic mass is 79.9. The van der Waals surface area contributed by atoms with Crippen LogP contribution in [0.2, 0.25) is 0 Å². The molecule has 0 spiro atoms. The zero-order valence-electron chi connectivity index (χ0n) is 10.6. The van der Waals surface area contributed by atoms with Crippen LogP contribution in [0.1, 0.15) is 38.3 Å². The van der Waals surface area contributed by atoms with Crippen LogP contribution in [0.25, 0.3) is 0 Å². The summed E-state index contributed by atoms with van der Waals surface area (Å²) < 4.78 is 1.16. The maximum Gasteiger partial charge on any atom is 0.0510 e. The molecule has 1 aliphatic carbocycles. The van der Waals surface area contributed by atoms with Gasteiger partial charge in [0.15, 0.2) is 0 Å². The van der Waals surface area contributed by atoms with Crippen LogP contribution in [-0.4, -0.2) is 13.1 Å².